The highest BCUT2D eigenvalue weighted by Crippen LogP contribution is 2.29. The van der Waals surface area contributed by atoms with E-state index in [0.29, 0.717) is 5.96 Å². The van der Waals surface area contributed by atoms with E-state index in [9.17, 15) is 0 Å². The number of nitrogens with zero attached hydrogens (tertiary/aromatic N) is 2. The molecule has 1 N–H and O–H groups in total. The number of aryl methyl sites for hydroxylation is 2. The predicted octanol–water partition coefficient (Wildman–Crippen LogP) is 5.75. The van der Waals surface area contributed by atoms with E-state index in [4.69, 9.17) is 5.41 Å². The zero-order valence-electron chi connectivity index (χ0n) is 16.4. The molecule has 0 fully saturated rings. The Labute approximate surface area is 152 Å². The molecule has 25 heavy (non-hydrogen) atoms. The summed E-state index contributed by atoms with van der Waals surface area (Å²) in [5.74, 6) is 0.517. The fraction of sp³-hybridized carbons (Fsp3) is 0.409. The fourth-order valence-corrected chi connectivity index (χ4v) is 3.28. The van der Waals surface area contributed by atoms with Crippen LogP contribution in [0.1, 0.15) is 45.7 Å². The van der Waals surface area contributed by atoms with Crippen LogP contribution in [0.3, 0.4) is 0 Å². The Morgan fingerprint density at radius 2 is 1.48 bits per heavy atom. The first-order valence-corrected chi connectivity index (χ1v) is 9.17. The minimum Gasteiger partial charge on any atom is -0.338 e. The topological polar surface area (TPSA) is 30.3 Å². The van der Waals surface area contributed by atoms with Crippen molar-refractivity contribution in [2.75, 3.05) is 4.90 Å². The lowest BCUT2D eigenvalue weighted by molar-refractivity contribution is 0.286. The standard InChI is InChI=1S/C22H31N3/c1-7-19-11-9-13-21(15-19)25(20-12-8-10-18(6)14-20)22(23)24(16(2)3)17(4)5/h8-17,23H,7H2,1-6H3. The Kier molecular flexibility index (Phi) is 6.24. The number of hydrogen-bond acceptors (Lipinski definition) is 1. The number of hydrogen-bond donors (Lipinski definition) is 1. The maximum Gasteiger partial charge on any atom is 0.203 e. The van der Waals surface area contributed by atoms with Crippen LogP contribution < -0.4 is 4.90 Å². The molecule has 0 spiro atoms. The third-order valence-electron chi connectivity index (χ3n) is 4.41. The lowest BCUT2D eigenvalue weighted by Crippen LogP contribution is -2.48. The maximum absolute atomic E-state index is 8.99. The van der Waals surface area contributed by atoms with Crippen molar-refractivity contribution in [2.45, 2.75) is 60.0 Å². The van der Waals surface area contributed by atoms with Gasteiger partial charge in [-0.3, -0.25) is 10.3 Å². The molecule has 0 amide bonds. The van der Waals surface area contributed by atoms with Crippen LogP contribution in [0.4, 0.5) is 11.4 Å². The Balaban J connectivity index is 2.57. The second-order valence-corrected chi connectivity index (χ2v) is 7.12. The van der Waals surface area contributed by atoms with Gasteiger partial charge in [0.1, 0.15) is 0 Å². The molecule has 0 heterocycles. The Bertz CT molecular complexity index is 711. The number of benzene rings is 2. The van der Waals surface area contributed by atoms with Crippen LogP contribution in [0.15, 0.2) is 48.5 Å². The SMILES string of the molecule is CCc1cccc(N(C(=N)N(C(C)C)C(C)C)c2cccc(C)c2)c1. The highest BCUT2D eigenvalue weighted by atomic mass is 15.4. The van der Waals surface area contributed by atoms with Crippen molar-refractivity contribution in [1.29, 1.82) is 5.41 Å². The molecule has 0 bridgehead atoms. The third-order valence-corrected chi connectivity index (χ3v) is 4.41. The molecular weight excluding hydrogens is 306 g/mol. The quantitative estimate of drug-likeness (QED) is 0.556. The molecule has 0 radical (unpaired) electrons. The predicted molar refractivity (Wildman–Crippen MR) is 109 cm³/mol. The molecule has 0 aromatic heterocycles. The van der Waals surface area contributed by atoms with E-state index >= 15 is 0 Å². The summed E-state index contributed by atoms with van der Waals surface area (Å²) in [6, 6.07) is 17.4. The van der Waals surface area contributed by atoms with Gasteiger partial charge in [-0.25, -0.2) is 0 Å². The summed E-state index contributed by atoms with van der Waals surface area (Å²) < 4.78 is 0. The van der Waals surface area contributed by atoms with E-state index in [-0.39, 0.29) is 12.1 Å². The molecule has 0 aliphatic rings. The van der Waals surface area contributed by atoms with Gasteiger partial charge < -0.3 is 4.90 Å². The number of nitrogens with one attached hydrogen (secondary N) is 1. The molecular formula is C22H31N3. The van der Waals surface area contributed by atoms with Crippen LogP contribution in [0, 0.1) is 12.3 Å². The third kappa shape index (κ3) is 4.41. The summed E-state index contributed by atoms with van der Waals surface area (Å²) in [4.78, 5) is 4.22. The van der Waals surface area contributed by atoms with Gasteiger partial charge in [-0.05, 0) is 76.4 Å². The average Bonchev–Trinajstić information content (AvgIpc) is 2.54. The van der Waals surface area contributed by atoms with E-state index in [1.54, 1.807) is 0 Å². The Morgan fingerprint density at radius 1 is 0.920 bits per heavy atom. The van der Waals surface area contributed by atoms with Crippen molar-refractivity contribution in [1.82, 2.24) is 4.90 Å². The van der Waals surface area contributed by atoms with Gasteiger partial charge in [-0.15, -0.1) is 0 Å². The molecule has 0 saturated heterocycles. The van der Waals surface area contributed by atoms with Crippen molar-refractivity contribution in [2.24, 2.45) is 0 Å². The van der Waals surface area contributed by atoms with E-state index in [1.165, 1.54) is 11.1 Å². The summed E-state index contributed by atoms with van der Waals surface area (Å²) >= 11 is 0. The largest absolute Gasteiger partial charge is 0.338 e. The van der Waals surface area contributed by atoms with Crippen molar-refractivity contribution in [3.8, 4) is 0 Å². The van der Waals surface area contributed by atoms with Gasteiger partial charge >= 0.3 is 0 Å². The van der Waals surface area contributed by atoms with Crippen molar-refractivity contribution >= 4 is 17.3 Å². The smallest absolute Gasteiger partial charge is 0.203 e. The highest BCUT2D eigenvalue weighted by molar-refractivity contribution is 6.01. The molecule has 2 aromatic rings. The first-order valence-electron chi connectivity index (χ1n) is 9.17. The zero-order chi connectivity index (χ0) is 18.6. The zero-order valence-corrected chi connectivity index (χ0v) is 16.4. The second-order valence-electron chi connectivity index (χ2n) is 7.12. The van der Waals surface area contributed by atoms with Gasteiger partial charge in [0.05, 0.1) is 0 Å². The van der Waals surface area contributed by atoms with Gasteiger partial charge in [-0.2, -0.15) is 0 Å². The molecule has 3 heteroatoms. The molecule has 0 aliphatic carbocycles. The molecule has 0 unspecified atom stereocenters. The van der Waals surface area contributed by atoms with Crippen LogP contribution in [0.5, 0.6) is 0 Å². The minimum atomic E-state index is 0.258. The second kappa shape index (κ2) is 8.19. The molecule has 2 rings (SSSR count). The van der Waals surface area contributed by atoms with Crippen LogP contribution in [0.25, 0.3) is 0 Å². The monoisotopic (exact) mass is 337 g/mol. The summed E-state index contributed by atoms with van der Waals surface area (Å²) in [5.41, 5.74) is 4.55. The first kappa shape index (κ1) is 19.0. The summed E-state index contributed by atoms with van der Waals surface area (Å²) in [5, 5.41) is 8.99. The molecule has 2 aromatic carbocycles. The average molecular weight is 338 g/mol. The van der Waals surface area contributed by atoms with E-state index < -0.39 is 0 Å². The van der Waals surface area contributed by atoms with Crippen LogP contribution in [-0.2, 0) is 6.42 Å². The Hall–Kier alpha value is -2.29. The molecule has 0 atom stereocenters. The summed E-state index contributed by atoms with van der Waals surface area (Å²) in [7, 11) is 0. The van der Waals surface area contributed by atoms with Gasteiger partial charge in [0, 0.05) is 23.5 Å². The number of guanidine groups is 1. The van der Waals surface area contributed by atoms with E-state index in [1.807, 2.05) is 0 Å². The molecule has 3 nitrogen and oxygen atoms in total. The normalized spacial score (nSPS) is 11.0. The lowest BCUT2D eigenvalue weighted by atomic mass is 10.1. The van der Waals surface area contributed by atoms with Gasteiger partial charge in [0.15, 0.2) is 0 Å². The fourth-order valence-electron chi connectivity index (χ4n) is 3.28. The minimum absolute atomic E-state index is 0.258. The molecule has 0 aliphatic heterocycles. The van der Waals surface area contributed by atoms with Gasteiger partial charge in [0.2, 0.25) is 5.96 Å². The van der Waals surface area contributed by atoms with Crippen LogP contribution in [0.2, 0.25) is 0 Å². The van der Waals surface area contributed by atoms with Crippen LogP contribution >= 0.6 is 0 Å². The van der Waals surface area contributed by atoms with Crippen LogP contribution in [-0.4, -0.2) is 22.9 Å². The molecule has 0 saturated carbocycles. The molecule has 134 valence electrons. The maximum atomic E-state index is 8.99. The van der Waals surface area contributed by atoms with E-state index in [0.717, 1.165) is 17.8 Å². The van der Waals surface area contributed by atoms with Crippen molar-refractivity contribution in [3.05, 3.63) is 59.7 Å². The van der Waals surface area contributed by atoms with Gasteiger partial charge in [-0.1, -0.05) is 31.2 Å². The van der Waals surface area contributed by atoms with E-state index in [2.05, 4.69) is 99.9 Å². The lowest BCUT2D eigenvalue weighted by Gasteiger charge is -2.39. The van der Waals surface area contributed by atoms with Crippen molar-refractivity contribution < 1.29 is 0 Å². The highest BCUT2D eigenvalue weighted by Gasteiger charge is 2.24. The first-order chi connectivity index (χ1) is 11.8. The number of rotatable bonds is 5. The van der Waals surface area contributed by atoms with Crippen molar-refractivity contribution in [3.63, 3.8) is 0 Å². The number of anilines is 2. The van der Waals surface area contributed by atoms with Gasteiger partial charge in [0.25, 0.3) is 0 Å². The summed E-state index contributed by atoms with van der Waals surface area (Å²) in [6.45, 7) is 12.8. The summed E-state index contributed by atoms with van der Waals surface area (Å²) in [6.07, 6.45) is 0.987. The Morgan fingerprint density at radius 3 is 2.00 bits per heavy atom.